The minimum Gasteiger partial charge on any atom is -0.497 e. The molecule has 1 amide bonds. The number of aromatic amines is 1. The first-order valence-corrected chi connectivity index (χ1v) is 11.0. The quantitative estimate of drug-likeness (QED) is 0.256. The average molecular weight is 457 g/mol. The summed E-state index contributed by atoms with van der Waals surface area (Å²) in [6.07, 6.45) is 0. The van der Waals surface area contributed by atoms with Gasteiger partial charge < -0.3 is 15.0 Å². The van der Waals surface area contributed by atoms with Gasteiger partial charge in [0.05, 0.1) is 12.9 Å². The van der Waals surface area contributed by atoms with Gasteiger partial charge in [-0.3, -0.25) is 14.2 Å². The molecule has 152 valence electrons. The number of fused-ring (bicyclic) bond motifs is 1. The van der Waals surface area contributed by atoms with Crippen LogP contribution < -0.4 is 15.6 Å². The van der Waals surface area contributed by atoms with Crippen molar-refractivity contribution in [1.82, 2.24) is 14.5 Å². The molecule has 0 saturated carbocycles. The van der Waals surface area contributed by atoms with Crippen LogP contribution in [0.1, 0.15) is 0 Å². The second-order valence-electron chi connectivity index (χ2n) is 6.13. The number of hydrogen-bond donors (Lipinski definition) is 2. The van der Waals surface area contributed by atoms with Crippen molar-refractivity contribution in [1.29, 1.82) is 0 Å². The SMILES string of the molecule is COc1cccc(NC(=O)CSc2nc3c(sc(=S)n3-c3ccccc3)c(=O)[nH]2)c1. The van der Waals surface area contributed by atoms with Gasteiger partial charge in [-0.1, -0.05) is 47.4 Å². The lowest BCUT2D eigenvalue weighted by molar-refractivity contribution is -0.113. The maximum atomic E-state index is 12.5. The van der Waals surface area contributed by atoms with Crippen LogP contribution in [0.15, 0.2) is 64.5 Å². The molecule has 4 rings (SSSR count). The molecule has 4 aromatic rings. The van der Waals surface area contributed by atoms with Gasteiger partial charge in [-0.15, -0.1) is 0 Å². The summed E-state index contributed by atoms with van der Waals surface area (Å²) >= 11 is 7.80. The second-order valence-corrected chi connectivity index (χ2v) is 8.74. The summed E-state index contributed by atoms with van der Waals surface area (Å²) < 4.78 is 7.91. The van der Waals surface area contributed by atoms with E-state index in [1.807, 2.05) is 30.3 Å². The van der Waals surface area contributed by atoms with Crippen molar-refractivity contribution >= 4 is 57.3 Å². The Morgan fingerprint density at radius 2 is 2.07 bits per heavy atom. The van der Waals surface area contributed by atoms with Gasteiger partial charge in [0.2, 0.25) is 5.91 Å². The van der Waals surface area contributed by atoms with E-state index in [-0.39, 0.29) is 17.2 Å². The van der Waals surface area contributed by atoms with Gasteiger partial charge in [-0.25, -0.2) is 4.98 Å². The molecule has 0 unspecified atom stereocenters. The molecule has 7 nitrogen and oxygen atoms in total. The van der Waals surface area contributed by atoms with E-state index in [0.717, 1.165) is 17.4 Å². The zero-order chi connectivity index (χ0) is 21.1. The smallest absolute Gasteiger partial charge is 0.271 e. The Labute approximate surface area is 184 Å². The van der Waals surface area contributed by atoms with Gasteiger partial charge >= 0.3 is 0 Å². The Balaban J connectivity index is 1.57. The highest BCUT2D eigenvalue weighted by atomic mass is 32.2. The highest BCUT2D eigenvalue weighted by Gasteiger charge is 2.14. The molecule has 0 atom stereocenters. The van der Waals surface area contributed by atoms with E-state index in [2.05, 4.69) is 15.3 Å². The lowest BCUT2D eigenvalue weighted by atomic mass is 10.3. The van der Waals surface area contributed by atoms with E-state index in [4.69, 9.17) is 17.0 Å². The Hall–Kier alpha value is -2.95. The lowest BCUT2D eigenvalue weighted by Gasteiger charge is -2.07. The number of methoxy groups -OCH3 is 1. The number of ether oxygens (including phenoxy) is 1. The van der Waals surface area contributed by atoms with Gasteiger partial charge in [0.25, 0.3) is 5.56 Å². The van der Waals surface area contributed by atoms with Crippen LogP contribution in [0.2, 0.25) is 0 Å². The standard InChI is InChI=1S/C20H16N4O3S3/c1-27-14-9-5-6-12(10-14)21-15(25)11-29-19-22-17-16(18(26)23-19)30-20(28)24(17)13-7-3-2-4-8-13/h2-10H,11H2,1H3,(H,21,25)(H,22,23,26). The number of rotatable bonds is 6. The van der Waals surface area contributed by atoms with E-state index in [1.165, 1.54) is 11.3 Å². The molecule has 0 aliphatic heterocycles. The first-order chi connectivity index (χ1) is 14.5. The number of anilines is 1. The summed E-state index contributed by atoms with van der Waals surface area (Å²) in [5, 5.41) is 3.15. The number of aromatic nitrogens is 3. The number of para-hydroxylation sites is 1. The number of hydrogen-bond acceptors (Lipinski definition) is 7. The number of benzene rings is 2. The molecular formula is C20H16N4O3S3. The van der Waals surface area contributed by atoms with Gasteiger partial charge in [0.15, 0.2) is 14.8 Å². The molecule has 0 aliphatic rings. The van der Waals surface area contributed by atoms with Crippen LogP contribution in [0.4, 0.5) is 5.69 Å². The normalized spacial score (nSPS) is 10.8. The predicted molar refractivity (Wildman–Crippen MR) is 123 cm³/mol. The summed E-state index contributed by atoms with van der Waals surface area (Å²) in [5.74, 6) is 0.516. The van der Waals surface area contributed by atoms with Crippen molar-refractivity contribution in [3.8, 4) is 11.4 Å². The monoisotopic (exact) mass is 456 g/mol. The Kier molecular flexibility index (Phi) is 5.98. The van der Waals surface area contributed by atoms with Crippen molar-refractivity contribution in [3.05, 3.63) is 68.9 Å². The van der Waals surface area contributed by atoms with Crippen molar-refractivity contribution in [2.24, 2.45) is 0 Å². The van der Waals surface area contributed by atoms with Crippen molar-refractivity contribution < 1.29 is 9.53 Å². The number of thioether (sulfide) groups is 1. The minimum absolute atomic E-state index is 0.0852. The van der Waals surface area contributed by atoms with Crippen molar-refractivity contribution in [3.63, 3.8) is 0 Å². The van der Waals surface area contributed by atoms with Crippen LogP contribution in [0.3, 0.4) is 0 Å². The highest BCUT2D eigenvalue weighted by molar-refractivity contribution is 7.99. The average Bonchev–Trinajstić information content (AvgIpc) is 3.09. The van der Waals surface area contributed by atoms with Crippen molar-refractivity contribution in [2.75, 3.05) is 18.2 Å². The fourth-order valence-corrected chi connectivity index (χ4v) is 4.73. The topological polar surface area (TPSA) is 89.0 Å². The Bertz CT molecular complexity index is 1330. The molecule has 0 bridgehead atoms. The highest BCUT2D eigenvalue weighted by Crippen LogP contribution is 2.24. The molecule has 0 spiro atoms. The van der Waals surface area contributed by atoms with E-state index in [0.29, 0.717) is 30.9 Å². The number of nitrogens with one attached hydrogen (secondary N) is 2. The Morgan fingerprint density at radius 1 is 1.27 bits per heavy atom. The summed E-state index contributed by atoms with van der Waals surface area (Å²) in [6.45, 7) is 0. The zero-order valence-corrected chi connectivity index (χ0v) is 18.2. The van der Waals surface area contributed by atoms with E-state index >= 15 is 0 Å². The lowest BCUT2D eigenvalue weighted by Crippen LogP contribution is -2.15. The number of thiazole rings is 1. The molecule has 0 fully saturated rings. The molecule has 0 radical (unpaired) electrons. The first-order valence-electron chi connectivity index (χ1n) is 8.83. The molecular weight excluding hydrogens is 440 g/mol. The van der Waals surface area contributed by atoms with Crippen LogP contribution in [0, 0.1) is 3.95 Å². The molecule has 0 saturated heterocycles. The molecule has 30 heavy (non-hydrogen) atoms. The first kappa shape index (κ1) is 20.3. The van der Waals surface area contributed by atoms with Crippen LogP contribution in [0.5, 0.6) is 5.75 Å². The zero-order valence-electron chi connectivity index (χ0n) is 15.7. The Morgan fingerprint density at radius 3 is 2.83 bits per heavy atom. The predicted octanol–water partition coefficient (Wildman–Crippen LogP) is 4.24. The van der Waals surface area contributed by atoms with Crippen LogP contribution in [-0.4, -0.2) is 33.3 Å². The molecule has 2 heterocycles. The number of amides is 1. The minimum atomic E-state index is -0.276. The molecule has 2 aromatic carbocycles. The van der Waals surface area contributed by atoms with Crippen LogP contribution in [0.25, 0.3) is 16.0 Å². The fourth-order valence-electron chi connectivity index (χ4n) is 2.80. The van der Waals surface area contributed by atoms with Crippen molar-refractivity contribution in [2.45, 2.75) is 5.16 Å². The third kappa shape index (κ3) is 4.30. The van der Waals surface area contributed by atoms with Gasteiger partial charge in [-0.05, 0) is 36.5 Å². The maximum absolute atomic E-state index is 12.5. The van der Waals surface area contributed by atoms with Crippen LogP contribution in [-0.2, 0) is 4.79 Å². The molecule has 2 aromatic heterocycles. The van der Waals surface area contributed by atoms with E-state index in [9.17, 15) is 9.59 Å². The van der Waals surface area contributed by atoms with Gasteiger partial charge in [-0.2, -0.15) is 0 Å². The molecule has 10 heteroatoms. The fraction of sp³-hybridized carbons (Fsp3) is 0.100. The number of carbonyl (C=O) groups excluding carboxylic acids is 1. The van der Waals surface area contributed by atoms with E-state index < -0.39 is 0 Å². The third-order valence-corrected chi connectivity index (χ3v) is 6.36. The third-order valence-electron chi connectivity index (χ3n) is 4.13. The number of H-pyrrole nitrogens is 1. The summed E-state index contributed by atoms with van der Waals surface area (Å²) in [5.41, 5.74) is 1.67. The largest absolute Gasteiger partial charge is 0.497 e. The second kappa shape index (κ2) is 8.82. The van der Waals surface area contributed by atoms with E-state index in [1.54, 1.807) is 35.9 Å². The van der Waals surface area contributed by atoms with Crippen LogP contribution >= 0.6 is 35.3 Å². The number of nitrogens with zero attached hydrogens (tertiary/aromatic N) is 2. The van der Waals surface area contributed by atoms with Gasteiger partial charge in [0.1, 0.15) is 10.4 Å². The summed E-state index contributed by atoms with van der Waals surface area (Å²) in [4.78, 5) is 32.1. The molecule has 0 aliphatic carbocycles. The maximum Gasteiger partial charge on any atom is 0.271 e. The summed E-state index contributed by atoms with van der Waals surface area (Å²) in [6, 6.07) is 16.6. The number of carbonyl (C=O) groups is 1. The molecule has 2 N–H and O–H groups in total. The van der Waals surface area contributed by atoms with Gasteiger partial charge in [0, 0.05) is 17.4 Å². The summed E-state index contributed by atoms with van der Waals surface area (Å²) in [7, 11) is 1.56.